The zero-order valence-electron chi connectivity index (χ0n) is 17.3. The van der Waals surface area contributed by atoms with Gasteiger partial charge in [-0.3, -0.25) is 10.1 Å². The molecule has 0 aliphatic heterocycles. The highest BCUT2D eigenvalue weighted by atomic mass is 16.1. The Morgan fingerprint density at radius 1 is 1.00 bits per heavy atom. The number of fused-ring (bicyclic) bond motifs is 1. The van der Waals surface area contributed by atoms with Gasteiger partial charge in [0.05, 0.1) is 5.69 Å². The molecule has 1 amide bonds. The smallest absolute Gasteiger partial charge is 0.258 e. The molecule has 1 N–H and O–H groups in total. The maximum absolute atomic E-state index is 12.7. The summed E-state index contributed by atoms with van der Waals surface area (Å²) in [5, 5.41) is 7.27. The molecule has 30 heavy (non-hydrogen) atoms. The molecule has 0 saturated heterocycles. The molecule has 152 valence electrons. The number of amides is 1. The third-order valence-corrected chi connectivity index (χ3v) is 5.02. The molecule has 0 saturated carbocycles. The van der Waals surface area contributed by atoms with E-state index in [2.05, 4.69) is 27.3 Å². The number of nitrogens with zero attached hydrogens (tertiary/aromatic N) is 4. The SMILES string of the molecule is CCCCCc1ccc(C(=O)Nc2nc3nc(C)cc(-c4ccccc4)n3n2)cc1. The van der Waals surface area contributed by atoms with E-state index < -0.39 is 0 Å². The summed E-state index contributed by atoms with van der Waals surface area (Å²) in [7, 11) is 0. The van der Waals surface area contributed by atoms with Crippen molar-refractivity contribution in [1.29, 1.82) is 0 Å². The van der Waals surface area contributed by atoms with Gasteiger partial charge in [0.25, 0.3) is 17.6 Å². The zero-order chi connectivity index (χ0) is 20.9. The van der Waals surface area contributed by atoms with E-state index in [4.69, 9.17) is 0 Å². The lowest BCUT2D eigenvalue weighted by Crippen LogP contribution is -2.13. The molecule has 0 unspecified atom stereocenters. The highest BCUT2D eigenvalue weighted by Crippen LogP contribution is 2.21. The molecule has 0 fully saturated rings. The average molecular weight is 399 g/mol. The minimum atomic E-state index is -0.232. The van der Waals surface area contributed by atoms with Gasteiger partial charge in [0.1, 0.15) is 0 Å². The number of nitrogens with one attached hydrogen (secondary N) is 1. The molecular formula is C24H25N5O. The first-order chi connectivity index (χ1) is 14.6. The van der Waals surface area contributed by atoms with Gasteiger partial charge in [-0.15, -0.1) is 5.10 Å². The van der Waals surface area contributed by atoms with Crippen LogP contribution >= 0.6 is 0 Å². The molecule has 2 aromatic heterocycles. The quantitative estimate of drug-likeness (QED) is 0.440. The van der Waals surface area contributed by atoms with Crippen LogP contribution in [0.4, 0.5) is 5.95 Å². The van der Waals surface area contributed by atoms with Crippen LogP contribution in [0.25, 0.3) is 17.0 Å². The second-order valence-corrected chi connectivity index (χ2v) is 7.40. The van der Waals surface area contributed by atoms with Gasteiger partial charge in [-0.25, -0.2) is 4.98 Å². The molecule has 2 heterocycles. The normalized spacial score (nSPS) is 11.0. The van der Waals surface area contributed by atoms with Crippen molar-refractivity contribution in [1.82, 2.24) is 19.6 Å². The van der Waals surface area contributed by atoms with Crippen LogP contribution in [0.1, 0.15) is 47.8 Å². The number of anilines is 1. The minimum absolute atomic E-state index is 0.232. The summed E-state index contributed by atoms with van der Waals surface area (Å²) in [4.78, 5) is 21.5. The van der Waals surface area contributed by atoms with Crippen molar-refractivity contribution < 1.29 is 4.79 Å². The molecule has 0 spiro atoms. The van der Waals surface area contributed by atoms with Crippen molar-refractivity contribution in [3.05, 3.63) is 77.5 Å². The summed E-state index contributed by atoms with van der Waals surface area (Å²) in [6.45, 7) is 4.11. The van der Waals surface area contributed by atoms with Crippen molar-refractivity contribution >= 4 is 17.6 Å². The topological polar surface area (TPSA) is 72.2 Å². The van der Waals surface area contributed by atoms with Crippen molar-refractivity contribution in [3.8, 4) is 11.3 Å². The number of carbonyl (C=O) groups is 1. The lowest BCUT2D eigenvalue weighted by molar-refractivity contribution is 0.102. The van der Waals surface area contributed by atoms with Crippen molar-refractivity contribution in [2.24, 2.45) is 0 Å². The predicted molar refractivity (Wildman–Crippen MR) is 119 cm³/mol. The Balaban J connectivity index is 1.55. The van der Waals surface area contributed by atoms with Crippen LogP contribution in [0.5, 0.6) is 0 Å². The summed E-state index contributed by atoms with van der Waals surface area (Å²) < 4.78 is 1.66. The fourth-order valence-electron chi connectivity index (χ4n) is 3.43. The zero-order valence-corrected chi connectivity index (χ0v) is 17.3. The molecule has 0 aliphatic carbocycles. The van der Waals surface area contributed by atoms with Crippen molar-refractivity contribution in [2.45, 2.75) is 39.5 Å². The molecule has 2 aromatic carbocycles. The van der Waals surface area contributed by atoms with Crippen LogP contribution < -0.4 is 5.32 Å². The minimum Gasteiger partial charge on any atom is -0.289 e. The molecule has 0 radical (unpaired) electrons. The average Bonchev–Trinajstić information content (AvgIpc) is 3.16. The fraction of sp³-hybridized carbons (Fsp3) is 0.250. The van der Waals surface area contributed by atoms with E-state index in [1.165, 1.54) is 24.8 Å². The third kappa shape index (κ3) is 4.38. The fourth-order valence-corrected chi connectivity index (χ4v) is 3.43. The molecule has 6 heteroatoms. The summed E-state index contributed by atoms with van der Waals surface area (Å²) >= 11 is 0. The maximum Gasteiger partial charge on any atom is 0.258 e. The third-order valence-electron chi connectivity index (χ3n) is 5.02. The van der Waals surface area contributed by atoms with Crippen LogP contribution in [-0.2, 0) is 6.42 Å². The van der Waals surface area contributed by atoms with Crippen LogP contribution in [0.3, 0.4) is 0 Å². The lowest BCUT2D eigenvalue weighted by atomic mass is 10.1. The number of benzene rings is 2. The molecule has 4 aromatic rings. The Hall–Kier alpha value is -3.54. The van der Waals surface area contributed by atoms with E-state index in [-0.39, 0.29) is 11.9 Å². The number of aryl methyl sites for hydroxylation is 2. The van der Waals surface area contributed by atoms with E-state index in [0.717, 1.165) is 23.4 Å². The van der Waals surface area contributed by atoms with Crippen molar-refractivity contribution in [3.63, 3.8) is 0 Å². The first-order valence-corrected chi connectivity index (χ1v) is 10.3. The molecular weight excluding hydrogens is 374 g/mol. The molecule has 0 aliphatic rings. The lowest BCUT2D eigenvalue weighted by Gasteiger charge is -2.05. The highest BCUT2D eigenvalue weighted by molar-refractivity contribution is 6.03. The summed E-state index contributed by atoms with van der Waals surface area (Å²) in [5.74, 6) is 0.460. The number of unbranched alkanes of at least 4 members (excludes halogenated alkanes) is 2. The largest absolute Gasteiger partial charge is 0.289 e. The van der Waals surface area contributed by atoms with Gasteiger partial charge in [0.2, 0.25) is 0 Å². The van der Waals surface area contributed by atoms with E-state index >= 15 is 0 Å². The Labute approximate surface area is 176 Å². The number of rotatable bonds is 7. The second kappa shape index (κ2) is 8.86. The Kier molecular flexibility index (Phi) is 5.84. The summed E-state index contributed by atoms with van der Waals surface area (Å²) in [6.07, 6.45) is 4.63. The maximum atomic E-state index is 12.7. The summed E-state index contributed by atoms with van der Waals surface area (Å²) in [6, 6.07) is 19.6. The highest BCUT2D eigenvalue weighted by Gasteiger charge is 2.14. The van der Waals surface area contributed by atoms with Crippen LogP contribution in [0, 0.1) is 6.92 Å². The summed E-state index contributed by atoms with van der Waals surface area (Å²) in [5.41, 5.74) is 4.56. The van der Waals surface area contributed by atoms with E-state index in [1.54, 1.807) is 4.52 Å². The van der Waals surface area contributed by atoms with E-state index in [1.807, 2.05) is 67.6 Å². The molecule has 6 nitrogen and oxygen atoms in total. The Bertz CT molecular complexity index is 1150. The van der Waals surface area contributed by atoms with Crippen molar-refractivity contribution in [2.75, 3.05) is 5.32 Å². The first-order valence-electron chi connectivity index (χ1n) is 10.3. The number of carbonyl (C=O) groups excluding carboxylic acids is 1. The monoisotopic (exact) mass is 399 g/mol. The Morgan fingerprint density at radius 2 is 1.77 bits per heavy atom. The molecule has 4 rings (SSSR count). The van der Waals surface area contributed by atoms with Crippen LogP contribution in [0.2, 0.25) is 0 Å². The van der Waals surface area contributed by atoms with Gasteiger partial charge in [-0.1, -0.05) is 62.2 Å². The van der Waals surface area contributed by atoms with Crippen LogP contribution in [0.15, 0.2) is 60.7 Å². The molecule has 0 bridgehead atoms. The van der Waals surface area contributed by atoms with Gasteiger partial charge < -0.3 is 0 Å². The van der Waals surface area contributed by atoms with Gasteiger partial charge in [0.15, 0.2) is 0 Å². The van der Waals surface area contributed by atoms with E-state index in [0.29, 0.717) is 11.3 Å². The van der Waals surface area contributed by atoms with Crippen LogP contribution in [-0.4, -0.2) is 25.5 Å². The standard InChI is InChI=1S/C24H25N5O/c1-3-4-6-9-18-12-14-20(15-13-18)22(30)26-23-27-24-25-17(2)16-21(29(24)28-23)19-10-7-5-8-11-19/h5,7-8,10-16H,3-4,6,9H2,1-2H3,(H,26,28,30). The number of hydrogen-bond donors (Lipinski definition) is 1. The predicted octanol–water partition coefficient (Wildman–Crippen LogP) is 5.08. The van der Waals surface area contributed by atoms with Gasteiger partial charge in [0, 0.05) is 16.8 Å². The van der Waals surface area contributed by atoms with Gasteiger partial charge >= 0.3 is 0 Å². The Morgan fingerprint density at radius 3 is 2.50 bits per heavy atom. The first kappa shape index (κ1) is 19.8. The van der Waals surface area contributed by atoms with Gasteiger partial charge in [-0.2, -0.15) is 9.50 Å². The van der Waals surface area contributed by atoms with E-state index in [9.17, 15) is 4.79 Å². The second-order valence-electron chi connectivity index (χ2n) is 7.40. The number of aromatic nitrogens is 4. The number of hydrogen-bond acceptors (Lipinski definition) is 4. The van der Waals surface area contributed by atoms with Gasteiger partial charge in [-0.05, 0) is 43.5 Å². The molecule has 0 atom stereocenters.